The number of hydrogen-bond donors (Lipinski definition) is 1. The Bertz CT molecular complexity index is 149. The second kappa shape index (κ2) is 6.73. The predicted octanol–water partition coefficient (Wildman–Crippen LogP) is 3.46. The lowest BCUT2D eigenvalue weighted by Gasteiger charge is -2.32. The van der Waals surface area contributed by atoms with Crippen LogP contribution in [0.25, 0.3) is 0 Å². The van der Waals surface area contributed by atoms with Gasteiger partial charge in [0.2, 0.25) is 0 Å². The molecule has 1 N–H and O–H groups in total. The van der Waals surface area contributed by atoms with Gasteiger partial charge in [-0.25, -0.2) is 0 Å². The zero-order valence-electron chi connectivity index (χ0n) is 9.54. The lowest BCUT2D eigenvalue weighted by Crippen LogP contribution is -2.23. The lowest BCUT2D eigenvalue weighted by molar-refractivity contribution is 0.288. The first-order chi connectivity index (χ1) is 6.77. The highest BCUT2D eigenvalue weighted by Gasteiger charge is 2.25. The molecule has 2 heteroatoms. The number of rotatable bonds is 5. The molecule has 0 spiro atoms. The third-order valence-corrected chi connectivity index (χ3v) is 4.98. The largest absolute Gasteiger partial charge is 0.396 e. The molecule has 1 fully saturated rings. The van der Waals surface area contributed by atoms with Gasteiger partial charge in [-0.15, -0.1) is 0 Å². The topological polar surface area (TPSA) is 20.2 Å². The van der Waals surface area contributed by atoms with E-state index < -0.39 is 0 Å². The Morgan fingerprint density at radius 1 is 1.36 bits per heavy atom. The van der Waals surface area contributed by atoms with Gasteiger partial charge < -0.3 is 5.11 Å². The Morgan fingerprint density at radius 2 is 2.07 bits per heavy atom. The van der Waals surface area contributed by atoms with Crippen molar-refractivity contribution in [3.05, 3.63) is 0 Å². The summed E-state index contributed by atoms with van der Waals surface area (Å²) in [5.74, 6) is 0.940. The van der Waals surface area contributed by atoms with Gasteiger partial charge in [-0.3, -0.25) is 0 Å². The maximum atomic E-state index is 8.88. The molecule has 1 saturated carbocycles. The third-order valence-electron chi connectivity index (χ3n) is 3.31. The molecule has 1 rings (SSSR count). The van der Waals surface area contributed by atoms with Crippen LogP contribution in [0.4, 0.5) is 0 Å². The van der Waals surface area contributed by atoms with E-state index in [1.54, 1.807) is 0 Å². The first kappa shape index (κ1) is 12.4. The summed E-state index contributed by atoms with van der Waals surface area (Å²) in [5, 5.41) is 10.4. The summed E-state index contributed by atoms with van der Waals surface area (Å²) in [6.07, 6.45) is 7.98. The van der Waals surface area contributed by atoms with Crippen molar-refractivity contribution in [2.75, 3.05) is 6.61 Å². The van der Waals surface area contributed by atoms with Crippen LogP contribution < -0.4 is 0 Å². The second-order valence-electron chi connectivity index (χ2n) is 4.45. The minimum Gasteiger partial charge on any atom is -0.396 e. The van der Waals surface area contributed by atoms with Gasteiger partial charge in [-0.2, -0.15) is 11.8 Å². The molecule has 0 aliphatic heterocycles. The fraction of sp³-hybridized carbons (Fsp3) is 1.00. The highest BCUT2D eigenvalue weighted by atomic mass is 32.2. The molecule has 1 aliphatic rings. The zero-order chi connectivity index (χ0) is 10.4. The monoisotopic (exact) mass is 216 g/mol. The first-order valence-corrected chi connectivity index (χ1v) is 6.98. The molecule has 0 amide bonds. The average Bonchev–Trinajstić information content (AvgIpc) is 2.19. The van der Waals surface area contributed by atoms with E-state index in [1.165, 1.54) is 32.1 Å². The summed E-state index contributed by atoms with van der Waals surface area (Å²) >= 11 is 2.12. The van der Waals surface area contributed by atoms with Crippen LogP contribution in [0.1, 0.15) is 52.4 Å². The van der Waals surface area contributed by atoms with Crippen molar-refractivity contribution in [3.8, 4) is 0 Å². The van der Waals surface area contributed by atoms with Crippen molar-refractivity contribution >= 4 is 11.8 Å². The van der Waals surface area contributed by atoms with Gasteiger partial charge in [0.25, 0.3) is 0 Å². The van der Waals surface area contributed by atoms with Gasteiger partial charge in [-0.05, 0) is 25.2 Å². The molecular weight excluding hydrogens is 192 g/mol. The van der Waals surface area contributed by atoms with E-state index in [0.29, 0.717) is 11.9 Å². The van der Waals surface area contributed by atoms with E-state index in [1.807, 2.05) is 0 Å². The van der Waals surface area contributed by atoms with Crippen molar-refractivity contribution in [2.45, 2.75) is 62.9 Å². The third kappa shape index (κ3) is 3.82. The Hall–Kier alpha value is 0.310. The Kier molecular flexibility index (Phi) is 5.95. The van der Waals surface area contributed by atoms with Gasteiger partial charge in [0.05, 0.1) is 0 Å². The van der Waals surface area contributed by atoms with E-state index in [4.69, 9.17) is 5.11 Å². The van der Waals surface area contributed by atoms with Crippen LogP contribution in [0, 0.1) is 5.92 Å². The molecular formula is C12H24OS. The van der Waals surface area contributed by atoms with E-state index in [-0.39, 0.29) is 0 Å². The smallest absolute Gasteiger partial charge is 0.0441 e. The van der Waals surface area contributed by atoms with E-state index in [9.17, 15) is 0 Å². The summed E-state index contributed by atoms with van der Waals surface area (Å²) in [7, 11) is 0. The summed E-state index contributed by atoms with van der Waals surface area (Å²) in [5.41, 5.74) is 0. The minimum atomic E-state index is 0.345. The standard InChI is InChI=1S/C12H24OS/c1-3-11-6-4-5-7-12(11)14-10(2)8-9-13/h10-13H,3-9H2,1-2H3. The molecule has 0 heterocycles. The lowest BCUT2D eigenvalue weighted by atomic mass is 9.87. The average molecular weight is 216 g/mol. The normalized spacial score (nSPS) is 30.2. The molecule has 1 aliphatic carbocycles. The van der Waals surface area contributed by atoms with Crippen molar-refractivity contribution in [3.63, 3.8) is 0 Å². The highest BCUT2D eigenvalue weighted by Crippen LogP contribution is 2.37. The molecule has 84 valence electrons. The van der Waals surface area contributed by atoms with Crippen molar-refractivity contribution in [1.82, 2.24) is 0 Å². The van der Waals surface area contributed by atoms with Crippen LogP contribution in [0.5, 0.6) is 0 Å². The number of hydrogen-bond acceptors (Lipinski definition) is 2. The van der Waals surface area contributed by atoms with E-state index in [2.05, 4.69) is 25.6 Å². The number of thioether (sulfide) groups is 1. The predicted molar refractivity (Wildman–Crippen MR) is 64.8 cm³/mol. The van der Waals surface area contributed by atoms with Crippen LogP contribution in [0.2, 0.25) is 0 Å². The molecule has 0 radical (unpaired) electrons. The molecule has 0 aromatic heterocycles. The first-order valence-electron chi connectivity index (χ1n) is 6.04. The summed E-state index contributed by atoms with van der Waals surface area (Å²) < 4.78 is 0. The number of aliphatic hydroxyl groups excluding tert-OH is 1. The molecule has 14 heavy (non-hydrogen) atoms. The van der Waals surface area contributed by atoms with Gasteiger partial charge in [0, 0.05) is 17.1 Å². The second-order valence-corrected chi connectivity index (χ2v) is 6.13. The maximum Gasteiger partial charge on any atom is 0.0441 e. The van der Waals surface area contributed by atoms with Gasteiger partial charge >= 0.3 is 0 Å². The molecule has 0 aromatic carbocycles. The highest BCUT2D eigenvalue weighted by molar-refractivity contribution is 8.00. The van der Waals surface area contributed by atoms with E-state index >= 15 is 0 Å². The van der Waals surface area contributed by atoms with Crippen LogP contribution in [-0.2, 0) is 0 Å². The molecule has 0 bridgehead atoms. The maximum absolute atomic E-state index is 8.88. The Morgan fingerprint density at radius 3 is 2.71 bits per heavy atom. The fourth-order valence-electron chi connectivity index (χ4n) is 2.37. The SMILES string of the molecule is CCC1CCCCC1SC(C)CCO. The Labute approximate surface area is 92.7 Å². The fourth-order valence-corrected chi connectivity index (χ4v) is 4.06. The molecule has 1 nitrogen and oxygen atoms in total. The van der Waals surface area contributed by atoms with Crippen LogP contribution in [0.3, 0.4) is 0 Å². The van der Waals surface area contributed by atoms with Crippen LogP contribution in [0.15, 0.2) is 0 Å². The minimum absolute atomic E-state index is 0.345. The summed E-state index contributed by atoms with van der Waals surface area (Å²) in [6.45, 7) is 4.92. The summed E-state index contributed by atoms with van der Waals surface area (Å²) in [6, 6.07) is 0. The molecule has 0 saturated heterocycles. The Balaban J connectivity index is 2.32. The molecule has 3 atom stereocenters. The van der Waals surface area contributed by atoms with Crippen LogP contribution in [-0.4, -0.2) is 22.2 Å². The van der Waals surface area contributed by atoms with Gasteiger partial charge in [0.1, 0.15) is 0 Å². The molecule has 3 unspecified atom stereocenters. The van der Waals surface area contributed by atoms with Gasteiger partial charge in [0.15, 0.2) is 0 Å². The van der Waals surface area contributed by atoms with Crippen LogP contribution >= 0.6 is 11.8 Å². The van der Waals surface area contributed by atoms with Crippen molar-refractivity contribution in [1.29, 1.82) is 0 Å². The van der Waals surface area contributed by atoms with Crippen molar-refractivity contribution < 1.29 is 5.11 Å². The number of aliphatic hydroxyl groups is 1. The van der Waals surface area contributed by atoms with E-state index in [0.717, 1.165) is 17.6 Å². The van der Waals surface area contributed by atoms with Gasteiger partial charge in [-0.1, -0.05) is 33.1 Å². The van der Waals surface area contributed by atoms with Crippen molar-refractivity contribution in [2.24, 2.45) is 5.92 Å². The molecule has 0 aromatic rings. The quantitative estimate of drug-likeness (QED) is 0.759. The summed E-state index contributed by atoms with van der Waals surface area (Å²) in [4.78, 5) is 0. The zero-order valence-corrected chi connectivity index (χ0v) is 10.4.